The highest BCUT2D eigenvalue weighted by molar-refractivity contribution is 5.20. The highest BCUT2D eigenvalue weighted by Gasteiger charge is 2.12. The first-order chi connectivity index (χ1) is 9.20. The topological polar surface area (TPSA) is 29.9 Å². The van der Waals surface area contributed by atoms with Crippen LogP contribution >= 0.6 is 0 Å². The Balaban J connectivity index is 2.03. The van der Waals surface area contributed by atoms with Gasteiger partial charge in [-0.2, -0.15) is 5.10 Å². The molecular weight excluding hydrogens is 234 g/mol. The van der Waals surface area contributed by atoms with Crippen molar-refractivity contribution in [3.05, 3.63) is 53.3 Å². The first-order valence-electron chi connectivity index (χ1n) is 6.89. The predicted molar refractivity (Wildman–Crippen MR) is 79.4 cm³/mol. The SMILES string of the molecule is CNCC(CCc1cc(C)nn1C)c1ccccc1. The van der Waals surface area contributed by atoms with Gasteiger partial charge in [0.15, 0.2) is 0 Å². The van der Waals surface area contributed by atoms with Gasteiger partial charge in [0.25, 0.3) is 0 Å². The fourth-order valence-corrected chi connectivity index (χ4v) is 2.58. The molecule has 1 atom stereocenters. The standard InChI is InChI=1S/C16H23N3/c1-13-11-16(19(3)18-13)10-9-15(12-17-2)14-7-5-4-6-8-14/h4-8,11,15,17H,9-10,12H2,1-3H3. The molecule has 3 heteroatoms. The number of hydrogen-bond acceptors (Lipinski definition) is 2. The van der Waals surface area contributed by atoms with Gasteiger partial charge in [0.1, 0.15) is 0 Å². The summed E-state index contributed by atoms with van der Waals surface area (Å²) in [4.78, 5) is 0. The van der Waals surface area contributed by atoms with E-state index in [4.69, 9.17) is 0 Å². The molecule has 2 rings (SSSR count). The Morgan fingerprint density at radius 2 is 2.00 bits per heavy atom. The zero-order valence-electron chi connectivity index (χ0n) is 12.1. The minimum absolute atomic E-state index is 0.557. The molecule has 0 aliphatic rings. The predicted octanol–water partition coefficient (Wildman–Crippen LogP) is 2.66. The van der Waals surface area contributed by atoms with Crippen molar-refractivity contribution in [3.63, 3.8) is 0 Å². The zero-order valence-corrected chi connectivity index (χ0v) is 12.1. The summed E-state index contributed by atoms with van der Waals surface area (Å²) in [5.41, 5.74) is 3.83. The summed E-state index contributed by atoms with van der Waals surface area (Å²) in [7, 11) is 4.04. The monoisotopic (exact) mass is 257 g/mol. The van der Waals surface area contributed by atoms with E-state index in [9.17, 15) is 0 Å². The van der Waals surface area contributed by atoms with Gasteiger partial charge in [-0.3, -0.25) is 4.68 Å². The van der Waals surface area contributed by atoms with Crippen LogP contribution in [0.5, 0.6) is 0 Å². The Bertz CT molecular complexity index is 502. The molecule has 0 aliphatic carbocycles. The van der Waals surface area contributed by atoms with Crippen molar-refractivity contribution in [2.24, 2.45) is 7.05 Å². The number of rotatable bonds is 6. The molecule has 0 amide bonds. The average molecular weight is 257 g/mol. The van der Waals surface area contributed by atoms with E-state index >= 15 is 0 Å². The van der Waals surface area contributed by atoms with Crippen molar-refractivity contribution < 1.29 is 0 Å². The summed E-state index contributed by atoms with van der Waals surface area (Å²) in [5, 5.41) is 7.71. The second kappa shape index (κ2) is 6.53. The molecule has 19 heavy (non-hydrogen) atoms. The molecule has 1 aromatic carbocycles. The van der Waals surface area contributed by atoms with Gasteiger partial charge in [0, 0.05) is 19.3 Å². The van der Waals surface area contributed by atoms with Crippen molar-refractivity contribution in [3.8, 4) is 0 Å². The van der Waals surface area contributed by atoms with Crippen LogP contribution in [0, 0.1) is 6.92 Å². The molecule has 0 fully saturated rings. The van der Waals surface area contributed by atoms with Gasteiger partial charge in [-0.1, -0.05) is 30.3 Å². The molecular formula is C16H23N3. The molecule has 0 aliphatic heterocycles. The Hall–Kier alpha value is -1.61. The molecule has 0 radical (unpaired) electrons. The lowest BCUT2D eigenvalue weighted by Crippen LogP contribution is -2.18. The van der Waals surface area contributed by atoms with Crippen molar-refractivity contribution in [1.29, 1.82) is 0 Å². The number of nitrogens with zero attached hydrogens (tertiary/aromatic N) is 2. The quantitative estimate of drug-likeness (QED) is 0.862. The normalized spacial score (nSPS) is 12.6. The van der Waals surface area contributed by atoms with Crippen LogP contribution in [0.3, 0.4) is 0 Å². The van der Waals surface area contributed by atoms with Crippen molar-refractivity contribution in [1.82, 2.24) is 15.1 Å². The van der Waals surface area contributed by atoms with E-state index in [2.05, 4.69) is 46.8 Å². The van der Waals surface area contributed by atoms with Gasteiger partial charge >= 0.3 is 0 Å². The fourth-order valence-electron chi connectivity index (χ4n) is 2.58. The van der Waals surface area contributed by atoms with Crippen LogP contribution in [0.4, 0.5) is 0 Å². The number of hydrogen-bond donors (Lipinski definition) is 1. The lowest BCUT2D eigenvalue weighted by atomic mass is 9.93. The van der Waals surface area contributed by atoms with Crippen LogP contribution in [-0.4, -0.2) is 23.4 Å². The van der Waals surface area contributed by atoms with E-state index in [0.29, 0.717) is 5.92 Å². The Kier molecular flexibility index (Phi) is 4.74. The number of benzene rings is 1. The van der Waals surface area contributed by atoms with E-state index in [1.54, 1.807) is 0 Å². The Labute approximate surface area is 115 Å². The third-order valence-corrected chi connectivity index (χ3v) is 3.57. The lowest BCUT2D eigenvalue weighted by molar-refractivity contribution is 0.567. The van der Waals surface area contributed by atoms with E-state index in [1.165, 1.54) is 11.3 Å². The molecule has 0 spiro atoms. The highest BCUT2D eigenvalue weighted by Crippen LogP contribution is 2.21. The molecule has 2 aromatic rings. The minimum atomic E-state index is 0.557. The van der Waals surface area contributed by atoms with Gasteiger partial charge < -0.3 is 5.32 Å². The highest BCUT2D eigenvalue weighted by atomic mass is 15.3. The van der Waals surface area contributed by atoms with Gasteiger partial charge in [-0.05, 0) is 44.4 Å². The molecule has 102 valence electrons. The number of aryl methyl sites for hydroxylation is 3. The van der Waals surface area contributed by atoms with Gasteiger partial charge in [0.2, 0.25) is 0 Å². The summed E-state index contributed by atoms with van der Waals surface area (Å²) >= 11 is 0. The fraction of sp³-hybridized carbons (Fsp3) is 0.438. The molecule has 1 N–H and O–H groups in total. The van der Waals surface area contributed by atoms with E-state index in [1.807, 2.05) is 25.7 Å². The van der Waals surface area contributed by atoms with Crippen molar-refractivity contribution >= 4 is 0 Å². The third kappa shape index (κ3) is 3.67. The lowest BCUT2D eigenvalue weighted by Gasteiger charge is -2.17. The first kappa shape index (κ1) is 13.8. The maximum absolute atomic E-state index is 4.41. The van der Waals surface area contributed by atoms with E-state index < -0.39 is 0 Å². The van der Waals surface area contributed by atoms with E-state index in [0.717, 1.165) is 25.1 Å². The molecule has 0 saturated carbocycles. The third-order valence-electron chi connectivity index (χ3n) is 3.57. The summed E-state index contributed by atoms with van der Waals surface area (Å²) in [6, 6.07) is 12.9. The van der Waals surface area contributed by atoms with Gasteiger partial charge in [-0.25, -0.2) is 0 Å². The Morgan fingerprint density at radius 1 is 1.26 bits per heavy atom. The van der Waals surface area contributed by atoms with Crippen molar-refractivity contribution in [2.75, 3.05) is 13.6 Å². The van der Waals surface area contributed by atoms with Crippen molar-refractivity contribution in [2.45, 2.75) is 25.7 Å². The molecule has 0 bridgehead atoms. The van der Waals surface area contributed by atoms with Gasteiger partial charge in [0.05, 0.1) is 5.69 Å². The van der Waals surface area contributed by atoms with Gasteiger partial charge in [-0.15, -0.1) is 0 Å². The van der Waals surface area contributed by atoms with Crippen LogP contribution in [0.2, 0.25) is 0 Å². The number of aromatic nitrogens is 2. The summed E-state index contributed by atoms with van der Waals surface area (Å²) < 4.78 is 2.00. The van der Waals surface area contributed by atoms with E-state index in [-0.39, 0.29) is 0 Å². The average Bonchev–Trinajstić information content (AvgIpc) is 2.74. The zero-order chi connectivity index (χ0) is 13.7. The summed E-state index contributed by atoms with van der Waals surface area (Å²) in [5.74, 6) is 0.557. The largest absolute Gasteiger partial charge is 0.319 e. The maximum atomic E-state index is 4.41. The first-order valence-corrected chi connectivity index (χ1v) is 6.89. The molecule has 0 saturated heterocycles. The maximum Gasteiger partial charge on any atom is 0.0596 e. The summed E-state index contributed by atoms with van der Waals surface area (Å²) in [6.07, 6.45) is 2.21. The molecule has 3 nitrogen and oxygen atoms in total. The second-order valence-electron chi connectivity index (χ2n) is 5.10. The molecule has 1 aromatic heterocycles. The van der Waals surface area contributed by atoms with Crippen LogP contribution in [-0.2, 0) is 13.5 Å². The summed E-state index contributed by atoms with van der Waals surface area (Å²) in [6.45, 7) is 3.06. The van der Waals surface area contributed by atoms with Crippen LogP contribution in [0.1, 0.15) is 29.3 Å². The van der Waals surface area contributed by atoms with Crippen LogP contribution in [0.15, 0.2) is 36.4 Å². The number of nitrogens with one attached hydrogen (secondary N) is 1. The second-order valence-corrected chi connectivity index (χ2v) is 5.10. The number of likely N-dealkylation sites (N-methyl/N-ethyl adjacent to an activating group) is 1. The smallest absolute Gasteiger partial charge is 0.0596 e. The van der Waals surface area contributed by atoms with Crippen LogP contribution in [0.25, 0.3) is 0 Å². The molecule has 1 unspecified atom stereocenters. The minimum Gasteiger partial charge on any atom is -0.319 e. The molecule has 1 heterocycles. The van der Waals surface area contributed by atoms with Crippen LogP contribution < -0.4 is 5.32 Å². The Morgan fingerprint density at radius 3 is 2.58 bits per heavy atom.